The Balaban J connectivity index is 1.74. The van der Waals surface area contributed by atoms with Crippen molar-refractivity contribution in [2.24, 2.45) is 0 Å². The van der Waals surface area contributed by atoms with Crippen molar-refractivity contribution < 1.29 is 19.4 Å². The largest absolute Gasteiger partial charge is 0.478 e. The Kier molecular flexibility index (Phi) is 6.45. The fraction of sp³-hybridized carbons (Fsp3) is 0.190. The Morgan fingerprint density at radius 3 is 2.62 bits per heavy atom. The number of nitrogens with zero attached hydrogens (tertiary/aromatic N) is 2. The monoisotopic (exact) mass is 392 g/mol. The molecule has 1 fully saturated rings. The number of morpholine rings is 1. The molecular formula is C21H20N4O4. The zero-order valence-corrected chi connectivity index (χ0v) is 15.6. The predicted octanol–water partition coefficient (Wildman–Crippen LogP) is 2.68. The smallest absolute Gasteiger partial charge is 0.335 e. The van der Waals surface area contributed by atoms with E-state index in [4.69, 9.17) is 9.84 Å². The molecule has 148 valence electrons. The van der Waals surface area contributed by atoms with Crippen LogP contribution in [0.3, 0.4) is 0 Å². The van der Waals surface area contributed by atoms with Crippen LogP contribution < -0.4 is 15.5 Å². The molecule has 8 heteroatoms. The lowest BCUT2D eigenvalue weighted by Gasteiger charge is -2.30. The zero-order valence-electron chi connectivity index (χ0n) is 15.6. The first-order chi connectivity index (χ1) is 14.1. The van der Waals surface area contributed by atoms with Crippen molar-refractivity contribution in [3.63, 3.8) is 0 Å². The van der Waals surface area contributed by atoms with Crippen LogP contribution in [0.4, 0.5) is 17.1 Å². The van der Waals surface area contributed by atoms with Gasteiger partial charge in [0.25, 0.3) is 5.91 Å². The van der Waals surface area contributed by atoms with Crippen molar-refractivity contribution in [3.8, 4) is 6.07 Å². The molecule has 1 saturated heterocycles. The van der Waals surface area contributed by atoms with E-state index in [0.29, 0.717) is 18.9 Å². The lowest BCUT2D eigenvalue weighted by atomic mass is 10.2. The average Bonchev–Trinajstić information content (AvgIpc) is 2.75. The molecular weight excluding hydrogens is 372 g/mol. The molecule has 3 N–H and O–H groups in total. The first-order valence-corrected chi connectivity index (χ1v) is 9.01. The summed E-state index contributed by atoms with van der Waals surface area (Å²) in [4.78, 5) is 25.6. The Labute approximate surface area is 168 Å². The maximum absolute atomic E-state index is 12.4. The number of amides is 1. The molecule has 1 aliphatic rings. The van der Waals surface area contributed by atoms with Gasteiger partial charge in [-0.25, -0.2) is 4.79 Å². The van der Waals surface area contributed by atoms with Gasteiger partial charge in [0, 0.05) is 25.0 Å². The molecule has 0 unspecified atom stereocenters. The first-order valence-electron chi connectivity index (χ1n) is 9.01. The minimum absolute atomic E-state index is 0.0443. The Hall–Kier alpha value is -3.83. The topological polar surface area (TPSA) is 115 Å². The molecule has 2 aromatic rings. The van der Waals surface area contributed by atoms with Crippen molar-refractivity contribution >= 4 is 28.9 Å². The SMILES string of the molecule is N#C/C(=C/Nc1ccccc1N1CCOCC1)C(=O)Nc1cccc(C(=O)O)c1. The van der Waals surface area contributed by atoms with Crippen molar-refractivity contribution in [1.82, 2.24) is 0 Å². The van der Waals surface area contributed by atoms with Crippen LogP contribution in [-0.4, -0.2) is 43.3 Å². The van der Waals surface area contributed by atoms with E-state index in [-0.39, 0.29) is 11.1 Å². The first kappa shape index (κ1) is 19.9. The van der Waals surface area contributed by atoms with E-state index in [1.165, 1.54) is 24.4 Å². The van der Waals surface area contributed by atoms with Crippen LogP contribution in [0.25, 0.3) is 0 Å². The van der Waals surface area contributed by atoms with Gasteiger partial charge in [-0.05, 0) is 30.3 Å². The summed E-state index contributed by atoms with van der Waals surface area (Å²) in [5.41, 5.74) is 1.93. The van der Waals surface area contributed by atoms with E-state index in [1.807, 2.05) is 30.3 Å². The zero-order chi connectivity index (χ0) is 20.6. The van der Waals surface area contributed by atoms with Crippen LogP contribution in [0.5, 0.6) is 0 Å². The fourth-order valence-electron chi connectivity index (χ4n) is 2.90. The molecule has 0 radical (unpaired) electrons. The number of aromatic carboxylic acids is 1. The van der Waals surface area contributed by atoms with Crippen LogP contribution >= 0.6 is 0 Å². The Morgan fingerprint density at radius 2 is 1.90 bits per heavy atom. The molecule has 0 saturated carbocycles. The van der Waals surface area contributed by atoms with E-state index >= 15 is 0 Å². The standard InChI is InChI=1S/C21H20N4O4/c22-13-16(20(26)24-17-5-3-4-15(12-17)21(27)28)14-23-18-6-1-2-7-19(18)25-8-10-29-11-9-25/h1-7,12,14,23H,8-11H2,(H,24,26)(H,27,28)/b16-14-. The maximum Gasteiger partial charge on any atom is 0.335 e. The van der Waals surface area contributed by atoms with E-state index in [9.17, 15) is 14.9 Å². The number of para-hydroxylation sites is 2. The van der Waals surface area contributed by atoms with Crippen LogP contribution in [0.2, 0.25) is 0 Å². The van der Waals surface area contributed by atoms with Crippen LogP contribution in [0.1, 0.15) is 10.4 Å². The molecule has 3 rings (SSSR count). The number of anilines is 3. The van der Waals surface area contributed by atoms with Crippen LogP contribution in [-0.2, 0) is 9.53 Å². The highest BCUT2D eigenvalue weighted by Crippen LogP contribution is 2.26. The number of carboxylic acid groups (broad SMARTS) is 1. The summed E-state index contributed by atoms with van der Waals surface area (Å²) >= 11 is 0. The normalized spacial score (nSPS) is 14.0. The Morgan fingerprint density at radius 1 is 1.14 bits per heavy atom. The van der Waals surface area contributed by atoms with E-state index in [2.05, 4.69) is 15.5 Å². The number of nitriles is 1. The van der Waals surface area contributed by atoms with Crippen molar-refractivity contribution in [2.45, 2.75) is 0 Å². The summed E-state index contributed by atoms with van der Waals surface area (Å²) in [7, 11) is 0. The van der Waals surface area contributed by atoms with Crippen LogP contribution in [0, 0.1) is 11.3 Å². The number of hydrogen-bond donors (Lipinski definition) is 3. The molecule has 1 heterocycles. The second kappa shape index (κ2) is 9.39. The number of nitrogens with one attached hydrogen (secondary N) is 2. The van der Waals surface area contributed by atoms with Gasteiger partial charge in [-0.1, -0.05) is 18.2 Å². The third kappa shape index (κ3) is 5.12. The summed E-state index contributed by atoms with van der Waals surface area (Å²) in [6.07, 6.45) is 1.34. The molecule has 2 aromatic carbocycles. The van der Waals surface area contributed by atoms with Gasteiger partial charge in [0.2, 0.25) is 0 Å². The van der Waals surface area contributed by atoms with Crippen molar-refractivity contribution in [1.29, 1.82) is 5.26 Å². The molecule has 0 aromatic heterocycles. The van der Waals surface area contributed by atoms with Crippen molar-refractivity contribution in [3.05, 3.63) is 65.9 Å². The van der Waals surface area contributed by atoms with Gasteiger partial charge in [-0.2, -0.15) is 5.26 Å². The quantitative estimate of drug-likeness (QED) is 0.511. The van der Waals surface area contributed by atoms with E-state index in [1.54, 1.807) is 6.07 Å². The number of rotatable bonds is 6. The molecule has 0 spiro atoms. The summed E-state index contributed by atoms with van der Waals surface area (Å²) in [5, 5.41) is 24.0. The summed E-state index contributed by atoms with van der Waals surface area (Å²) < 4.78 is 5.38. The summed E-state index contributed by atoms with van der Waals surface area (Å²) in [5.74, 6) is -1.73. The summed E-state index contributed by atoms with van der Waals surface area (Å²) in [6.45, 7) is 2.80. The third-order valence-electron chi connectivity index (χ3n) is 4.36. The third-order valence-corrected chi connectivity index (χ3v) is 4.36. The molecule has 1 aliphatic heterocycles. The number of carbonyl (C=O) groups excluding carboxylic acids is 1. The molecule has 29 heavy (non-hydrogen) atoms. The predicted molar refractivity (Wildman–Crippen MR) is 109 cm³/mol. The molecule has 0 atom stereocenters. The van der Waals surface area contributed by atoms with Gasteiger partial charge >= 0.3 is 5.97 Å². The highest BCUT2D eigenvalue weighted by atomic mass is 16.5. The molecule has 0 bridgehead atoms. The van der Waals surface area contributed by atoms with Gasteiger partial charge in [0.05, 0.1) is 30.2 Å². The number of benzene rings is 2. The summed E-state index contributed by atoms with van der Waals surface area (Å²) in [6, 6.07) is 15.3. The fourth-order valence-corrected chi connectivity index (χ4v) is 2.90. The van der Waals surface area contributed by atoms with Gasteiger partial charge in [0.15, 0.2) is 0 Å². The number of ether oxygens (including phenoxy) is 1. The van der Waals surface area contributed by atoms with Crippen LogP contribution in [0.15, 0.2) is 60.3 Å². The Bertz CT molecular complexity index is 975. The van der Waals surface area contributed by atoms with E-state index in [0.717, 1.165) is 24.5 Å². The lowest BCUT2D eigenvalue weighted by Crippen LogP contribution is -2.36. The number of hydrogen-bond acceptors (Lipinski definition) is 6. The minimum Gasteiger partial charge on any atom is -0.478 e. The van der Waals surface area contributed by atoms with Gasteiger partial charge in [0.1, 0.15) is 11.6 Å². The second-order valence-corrected chi connectivity index (χ2v) is 6.27. The lowest BCUT2D eigenvalue weighted by molar-refractivity contribution is -0.112. The molecule has 8 nitrogen and oxygen atoms in total. The second-order valence-electron chi connectivity index (χ2n) is 6.27. The van der Waals surface area contributed by atoms with Gasteiger partial charge in [-0.15, -0.1) is 0 Å². The highest BCUT2D eigenvalue weighted by Gasteiger charge is 2.15. The molecule has 1 amide bonds. The van der Waals surface area contributed by atoms with E-state index < -0.39 is 11.9 Å². The average molecular weight is 392 g/mol. The highest BCUT2D eigenvalue weighted by molar-refractivity contribution is 6.07. The minimum atomic E-state index is -1.10. The number of carbonyl (C=O) groups is 2. The molecule has 0 aliphatic carbocycles. The van der Waals surface area contributed by atoms with Crippen molar-refractivity contribution in [2.75, 3.05) is 41.8 Å². The maximum atomic E-state index is 12.4. The number of carboxylic acids is 1. The van der Waals surface area contributed by atoms with Gasteiger partial charge < -0.3 is 25.4 Å². The van der Waals surface area contributed by atoms with Gasteiger partial charge in [-0.3, -0.25) is 4.79 Å².